The van der Waals surface area contributed by atoms with Gasteiger partial charge in [0.2, 0.25) is 0 Å². The molecule has 0 spiro atoms. The molecule has 3 saturated heterocycles. The molecule has 0 bridgehead atoms. The minimum absolute atomic E-state index is 0.322. The van der Waals surface area contributed by atoms with Crippen LogP contribution in [-0.4, -0.2) is 59.7 Å². The van der Waals surface area contributed by atoms with Crippen LogP contribution in [0.4, 0.5) is 0 Å². The molecule has 3 aliphatic heterocycles. The van der Waals surface area contributed by atoms with E-state index in [1.165, 1.54) is 0 Å². The number of hydrogen-bond donors (Lipinski definition) is 3. The SMILES string of the molecule is CC1(C)OCC(C2OC3OC(C)(C)OC3C2NNC(=O)c2cc3cc(OCc4ccccc4)ccc3[nH]2)O1. The van der Waals surface area contributed by atoms with Crippen LogP contribution in [0.25, 0.3) is 10.9 Å². The Morgan fingerprint density at radius 1 is 1.00 bits per heavy atom. The van der Waals surface area contributed by atoms with E-state index in [1.54, 1.807) is 6.07 Å². The zero-order chi connectivity index (χ0) is 26.5. The van der Waals surface area contributed by atoms with E-state index in [-0.39, 0.29) is 12.0 Å². The molecule has 3 aliphatic rings. The normalized spacial score (nSPS) is 29.4. The summed E-state index contributed by atoms with van der Waals surface area (Å²) in [7, 11) is 0. The van der Waals surface area contributed by atoms with Crippen LogP contribution < -0.4 is 15.6 Å². The standard InChI is InChI=1S/C28H33N3O7/c1-27(2)34-15-21(36-27)23-22(24-26(35-23)38-28(3,4)37-24)30-31-25(32)20-13-17-12-18(10-11-19(17)29-20)33-14-16-8-6-5-7-9-16/h5-13,21-24,26,29-30H,14-15H2,1-4H3,(H,31,32). The summed E-state index contributed by atoms with van der Waals surface area (Å²) >= 11 is 0. The van der Waals surface area contributed by atoms with E-state index in [9.17, 15) is 4.79 Å². The largest absolute Gasteiger partial charge is 0.489 e. The van der Waals surface area contributed by atoms with Crippen LogP contribution in [0.3, 0.4) is 0 Å². The van der Waals surface area contributed by atoms with Crippen LogP contribution in [0.15, 0.2) is 54.6 Å². The molecule has 3 N–H and O–H groups in total. The Morgan fingerprint density at radius 3 is 2.58 bits per heavy atom. The van der Waals surface area contributed by atoms with Gasteiger partial charge in [-0.05, 0) is 57.5 Å². The van der Waals surface area contributed by atoms with Gasteiger partial charge in [-0.1, -0.05) is 30.3 Å². The highest BCUT2D eigenvalue weighted by atomic mass is 16.8. The van der Waals surface area contributed by atoms with Crippen LogP contribution in [0.5, 0.6) is 5.75 Å². The number of carbonyl (C=O) groups is 1. The van der Waals surface area contributed by atoms with Crippen LogP contribution in [0.2, 0.25) is 0 Å². The number of benzene rings is 2. The molecule has 38 heavy (non-hydrogen) atoms. The minimum atomic E-state index is -0.798. The van der Waals surface area contributed by atoms with Crippen LogP contribution in [0.1, 0.15) is 43.7 Å². The highest BCUT2D eigenvalue weighted by molar-refractivity contribution is 5.98. The van der Waals surface area contributed by atoms with Crippen LogP contribution in [-0.2, 0) is 30.3 Å². The topological polar surface area (TPSA) is 112 Å². The molecule has 10 nitrogen and oxygen atoms in total. The summed E-state index contributed by atoms with van der Waals surface area (Å²) in [6.45, 7) is 8.22. The number of nitrogens with one attached hydrogen (secondary N) is 3. The average Bonchev–Trinajstić information content (AvgIpc) is 3.62. The quantitative estimate of drug-likeness (QED) is 0.404. The lowest BCUT2D eigenvalue weighted by Crippen LogP contribution is -2.56. The van der Waals surface area contributed by atoms with Gasteiger partial charge in [-0.15, -0.1) is 0 Å². The van der Waals surface area contributed by atoms with Crippen molar-refractivity contribution in [2.24, 2.45) is 0 Å². The maximum Gasteiger partial charge on any atom is 0.281 e. The summed E-state index contributed by atoms with van der Waals surface area (Å²) in [4.78, 5) is 16.3. The predicted octanol–water partition coefficient (Wildman–Crippen LogP) is 3.38. The van der Waals surface area contributed by atoms with Crippen molar-refractivity contribution in [1.82, 2.24) is 15.8 Å². The van der Waals surface area contributed by atoms with Gasteiger partial charge in [0.15, 0.2) is 17.9 Å². The molecule has 6 rings (SSSR count). The first kappa shape index (κ1) is 25.3. The Hall–Kier alpha value is -2.99. The number of aromatic amines is 1. The predicted molar refractivity (Wildman–Crippen MR) is 137 cm³/mol. The van der Waals surface area contributed by atoms with E-state index in [4.69, 9.17) is 28.4 Å². The summed E-state index contributed by atoms with van der Waals surface area (Å²) in [5.41, 5.74) is 8.27. The van der Waals surface area contributed by atoms with Crippen LogP contribution in [0, 0.1) is 0 Å². The first-order valence-corrected chi connectivity index (χ1v) is 12.8. The second-order valence-corrected chi connectivity index (χ2v) is 10.8. The molecule has 10 heteroatoms. The second kappa shape index (κ2) is 9.64. The van der Waals surface area contributed by atoms with E-state index >= 15 is 0 Å². The van der Waals surface area contributed by atoms with E-state index in [2.05, 4.69) is 15.8 Å². The lowest BCUT2D eigenvalue weighted by atomic mass is 10.0. The molecule has 5 atom stereocenters. The summed E-state index contributed by atoms with van der Waals surface area (Å²) < 4.78 is 35.9. The molecule has 4 heterocycles. The maximum atomic E-state index is 13.1. The number of ether oxygens (including phenoxy) is 6. The number of aromatic nitrogens is 1. The third kappa shape index (κ3) is 5.15. The van der Waals surface area contributed by atoms with Crippen molar-refractivity contribution >= 4 is 16.8 Å². The van der Waals surface area contributed by atoms with Crippen LogP contribution >= 0.6 is 0 Å². The van der Waals surface area contributed by atoms with Gasteiger partial charge in [-0.3, -0.25) is 10.2 Å². The Balaban J connectivity index is 1.13. The second-order valence-electron chi connectivity index (χ2n) is 10.8. The molecule has 2 aromatic carbocycles. The van der Waals surface area contributed by atoms with Crippen molar-refractivity contribution in [3.05, 3.63) is 65.9 Å². The molecule has 0 aliphatic carbocycles. The Kier molecular flexibility index (Phi) is 6.42. The number of fused-ring (bicyclic) bond motifs is 2. The zero-order valence-corrected chi connectivity index (χ0v) is 21.9. The molecular weight excluding hydrogens is 490 g/mol. The number of rotatable bonds is 7. The van der Waals surface area contributed by atoms with Gasteiger partial charge >= 0.3 is 0 Å². The van der Waals surface area contributed by atoms with E-state index in [0.717, 1.165) is 22.2 Å². The highest BCUT2D eigenvalue weighted by Gasteiger charge is 2.58. The molecule has 5 unspecified atom stereocenters. The Morgan fingerprint density at radius 2 is 1.82 bits per heavy atom. The Labute approximate surface area is 220 Å². The van der Waals surface area contributed by atoms with Gasteiger partial charge in [0, 0.05) is 10.9 Å². The van der Waals surface area contributed by atoms with Gasteiger partial charge in [-0.25, -0.2) is 5.43 Å². The fourth-order valence-corrected chi connectivity index (χ4v) is 5.17. The third-order valence-electron chi connectivity index (χ3n) is 6.92. The molecular formula is C28H33N3O7. The lowest BCUT2D eigenvalue weighted by molar-refractivity contribution is -0.224. The Bertz CT molecular complexity index is 1310. The monoisotopic (exact) mass is 523 g/mol. The van der Waals surface area contributed by atoms with Crippen molar-refractivity contribution in [3.8, 4) is 5.75 Å². The summed E-state index contributed by atoms with van der Waals surface area (Å²) in [6, 6.07) is 17.0. The van der Waals surface area contributed by atoms with E-state index < -0.39 is 36.1 Å². The van der Waals surface area contributed by atoms with Crippen molar-refractivity contribution in [2.75, 3.05) is 6.61 Å². The van der Waals surface area contributed by atoms with Crippen molar-refractivity contribution in [3.63, 3.8) is 0 Å². The fourth-order valence-electron chi connectivity index (χ4n) is 5.17. The summed E-state index contributed by atoms with van der Waals surface area (Å²) in [5.74, 6) is -1.11. The third-order valence-corrected chi connectivity index (χ3v) is 6.92. The van der Waals surface area contributed by atoms with Gasteiger partial charge in [0.05, 0.1) is 12.6 Å². The van der Waals surface area contributed by atoms with Gasteiger partial charge in [-0.2, -0.15) is 0 Å². The maximum absolute atomic E-state index is 13.1. The van der Waals surface area contributed by atoms with Gasteiger partial charge in [0.1, 0.15) is 36.4 Å². The lowest BCUT2D eigenvalue weighted by Gasteiger charge is -2.29. The van der Waals surface area contributed by atoms with E-state index in [1.807, 2.05) is 76.2 Å². The van der Waals surface area contributed by atoms with E-state index in [0.29, 0.717) is 18.9 Å². The molecule has 1 amide bonds. The first-order valence-electron chi connectivity index (χ1n) is 12.8. The molecule has 0 saturated carbocycles. The molecule has 3 aromatic rings. The smallest absolute Gasteiger partial charge is 0.281 e. The molecule has 202 valence electrons. The highest BCUT2D eigenvalue weighted by Crippen LogP contribution is 2.40. The molecule has 0 radical (unpaired) electrons. The molecule has 3 fully saturated rings. The summed E-state index contributed by atoms with van der Waals surface area (Å²) in [6.07, 6.45) is -1.81. The average molecular weight is 524 g/mol. The van der Waals surface area contributed by atoms with Gasteiger partial charge in [0.25, 0.3) is 5.91 Å². The van der Waals surface area contributed by atoms with Gasteiger partial charge < -0.3 is 33.4 Å². The zero-order valence-electron chi connectivity index (χ0n) is 21.9. The first-order chi connectivity index (χ1) is 18.2. The number of hydrogen-bond acceptors (Lipinski definition) is 8. The van der Waals surface area contributed by atoms with Crippen molar-refractivity contribution in [1.29, 1.82) is 0 Å². The molecule has 1 aromatic heterocycles. The minimum Gasteiger partial charge on any atom is -0.489 e. The number of carbonyl (C=O) groups excluding carboxylic acids is 1. The summed E-state index contributed by atoms with van der Waals surface area (Å²) in [5, 5.41) is 0.871. The van der Waals surface area contributed by atoms with Crippen molar-refractivity contribution in [2.45, 2.75) is 76.5 Å². The fraction of sp³-hybridized carbons (Fsp3) is 0.464. The number of H-pyrrole nitrogens is 1. The number of hydrazine groups is 1. The number of amides is 1. The van der Waals surface area contributed by atoms with Crippen molar-refractivity contribution < 1.29 is 33.2 Å².